The Kier molecular flexibility index (Phi) is 12.6. The number of benzene rings is 1. The van der Waals surface area contributed by atoms with E-state index in [-0.39, 0.29) is 11.7 Å². The Bertz CT molecular complexity index is 935. The van der Waals surface area contributed by atoms with E-state index in [9.17, 15) is 9.18 Å². The van der Waals surface area contributed by atoms with E-state index < -0.39 is 5.41 Å². The molecule has 0 amide bonds. The second-order valence-corrected chi connectivity index (χ2v) is 9.97. The lowest BCUT2D eigenvalue weighted by Gasteiger charge is -2.29. The van der Waals surface area contributed by atoms with Crippen LogP contribution in [0.1, 0.15) is 78.4 Å². The van der Waals surface area contributed by atoms with Crippen molar-refractivity contribution in [2.45, 2.75) is 73.6 Å². The first-order valence-electron chi connectivity index (χ1n) is 12.5. The van der Waals surface area contributed by atoms with E-state index in [1.165, 1.54) is 6.20 Å². The van der Waals surface area contributed by atoms with Gasteiger partial charge in [-0.2, -0.15) is 0 Å². The van der Waals surface area contributed by atoms with Crippen molar-refractivity contribution in [3.05, 3.63) is 89.4 Å². The highest BCUT2D eigenvalue weighted by molar-refractivity contribution is 5.70. The summed E-state index contributed by atoms with van der Waals surface area (Å²) in [6, 6.07) is 5.31. The molecular formula is C31H44FNO. The van der Waals surface area contributed by atoms with Crippen LogP contribution in [0.4, 0.5) is 4.39 Å². The maximum absolute atomic E-state index is 14.3. The average molecular weight is 466 g/mol. The first kappa shape index (κ1) is 29.4. The number of allylic oxidation sites excluding steroid dienone is 8. The van der Waals surface area contributed by atoms with Crippen LogP contribution in [0.5, 0.6) is 0 Å². The minimum absolute atomic E-state index is 0.205. The number of carbonyl (C=O) groups is 1. The van der Waals surface area contributed by atoms with Gasteiger partial charge in [-0.25, -0.2) is 4.39 Å². The summed E-state index contributed by atoms with van der Waals surface area (Å²) in [4.78, 5) is 12.1. The summed E-state index contributed by atoms with van der Waals surface area (Å²) in [5.41, 5.74) is 9.47. The Morgan fingerprint density at radius 2 is 1.85 bits per heavy atom. The topological polar surface area (TPSA) is 43.1 Å². The maximum atomic E-state index is 14.3. The van der Waals surface area contributed by atoms with Gasteiger partial charge in [-0.05, 0) is 104 Å². The van der Waals surface area contributed by atoms with Gasteiger partial charge in [-0.3, -0.25) is 0 Å². The van der Waals surface area contributed by atoms with Crippen LogP contribution < -0.4 is 5.73 Å². The van der Waals surface area contributed by atoms with E-state index in [2.05, 4.69) is 46.4 Å². The molecule has 2 nitrogen and oxygen atoms in total. The van der Waals surface area contributed by atoms with Crippen LogP contribution in [-0.2, 0) is 11.2 Å². The number of hydrogen-bond donors (Lipinski definition) is 1. The normalized spacial score (nSPS) is 15.8. The van der Waals surface area contributed by atoms with Gasteiger partial charge in [0, 0.05) is 0 Å². The molecule has 2 atom stereocenters. The molecule has 34 heavy (non-hydrogen) atoms. The standard InChI is InChI=1S/C31H44FNO/c1-8-12-25(5)30(26(6)31(7,22-34)17-10-9-11-18-33)16-14-24(4)28-19-27(15-13-23(2)3)20-29(32)21-28/h9-11,14,16,18-23,25H,6,8,12-13,15,17,33H2,1-5,7H3/b10-9-,18-11-,24-14+,30-16+. The molecule has 3 heteroatoms. The van der Waals surface area contributed by atoms with Crippen LogP contribution in [0, 0.1) is 23.1 Å². The lowest BCUT2D eigenvalue weighted by atomic mass is 9.74. The highest BCUT2D eigenvalue weighted by Crippen LogP contribution is 2.37. The summed E-state index contributed by atoms with van der Waals surface area (Å²) in [6.07, 6.45) is 16.6. The summed E-state index contributed by atoms with van der Waals surface area (Å²) in [6.45, 7) is 17.0. The summed E-state index contributed by atoms with van der Waals surface area (Å²) < 4.78 is 14.3. The molecule has 0 spiro atoms. The van der Waals surface area contributed by atoms with Gasteiger partial charge in [0.05, 0.1) is 5.41 Å². The lowest BCUT2D eigenvalue weighted by molar-refractivity contribution is -0.113. The van der Waals surface area contributed by atoms with Crippen molar-refractivity contribution in [2.24, 2.45) is 23.0 Å². The number of nitrogens with two attached hydrogens (primary N) is 1. The zero-order valence-electron chi connectivity index (χ0n) is 22.0. The first-order valence-corrected chi connectivity index (χ1v) is 12.5. The van der Waals surface area contributed by atoms with Gasteiger partial charge in [-0.1, -0.05) is 71.1 Å². The van der Waals surface area contributed by atoms with Crippen molar-refractivity contribution in [3.63, 3.8) is 0 Å². The molecular weight excluding hydrogens is 421 g/mol. The molecule has 0 aromatic heterocycles. The molecule has 0 fully saturated rings. The van der Waals surface area contributed by atoms with E-state index in [0.29, 0.717) is 12.3 Å². The molecule has 0 saturated carbocycles. The molecule has 2 N–H and O–H groups in total. The van der Waals surface area contributed by atoms with Gasteiger partial charge in [0.2, 0.25) is 0 Å². The van der Waals surface area contributed by atoms with Crippen molar-refractivity contribution >= 4 is 11.9 Å². The Morgan fingerprint density at radius 3 is 2.44 bits per heavy atom. The van der Waals surface area contributed by atoms with Gasteiger partial charge in [0.25, 0.3) is 0 Å². The highest BCUT2D eigenvalue weighted by Gasteiger charge is 2.29. The smallest absolute Gasteiger partial charge is 0.130 e. The predicted molar refractivity (Wildman–Crippen MR) is 146 cm³/mol. The number of halogens is 1. The molecule has 1 aromatic carbocycles. The first-order chi connectivity index (χ1) is 16.1. The molecule has 0 aliphatic rings. The second kappa shape index (κ2) is 14.6. The van der Waals surface area contributed by atoms with Crippen molar-refractivity contribution in [1.29, 1.82) is 0 Å². The molecule has 1 rings (SSSR count). The van der Waals surface area contributed by atoms with E-state index >= 15 is 0 Å². The molecule has 2 unspecified atom stereocenters. The van der Waals surface area contributed by atoms with Crippen LogP contribution in [0.15, 0.2) is 72.5 Å². The second-order valence-electron chi connectivity index (χ2n) is 9.97. The van der Waals surface area contributed by atoms with E-state index in [4.69, 9.17) is 5.73 Å². The molecule has 0 heterocycles. The van der Waals surface area contributed by atoms with E-state index in [1.54, 1.807) is 18.2 Å². The van der Waals surface area contributed by atoms with Crippen molar-refractivity contribution in [1.82, 2.24) is 0 Å². The molecule has 0 bridgehead atoms. The SMILES string of the molecule is C=C(/C(=C/C=C(\C)c1cc(F)cc(CCC(C)C)c1)C(C)CCC)C(C)(C=O)C/C=C\C=C/N. The third kappa shape index (κ3) is 9.29. The zero-order chi connectivity index (χ0) is 25.7. The van der Waals surface area contributed by atoms with Gasteiger partial charge in [0.15, 0.2) is 0 Å². The fourth-order valence-corrected chi connectivity index (χ4v) is 3.97. The highest BCUT2D eigenvalue weighted by atomic mass is 19.1. The molecule has 0 saturated heterocycles. The van der Waals surface area contributed by atoms with Gasteiger partial charge in [-0.15, -0.1) is 0 Å². The summed E-state index contributed by atoms with van der Waals surface area (Å²) in [7, 11) is 0. The summed E-state index contributed by atoms with van der Waals surface area (Å²) in [5, 5.41) is 0. The van der Waals surface area contributed by atoms with Gasteiger partial charge >= 0.3 is 0 Å². The number of aldehydes is 1. The Labute approximate surface area is 207 Å². The zero-order valence-corrected chi connectivity index (χ0v) is 22.0. The fourth-order valence-electron chi connectivity index (χ4n) is 3.97. The average Bonchev–Trinajstić information content (AvgIpc) is 2.80. The number of rotatable bonds is 14. The molecule has 1 aromatic rings. The number of aryl methyl sites for hydroxylation is 1. The van der Waals surface area contributed by atoms with Crippen LogP contribution in [0.3, 0.4) is 0 Å². The Hall–Kier alpha value is -2.68. The van der Waals surface area contributed by atoms with Crippen LogP contribution >= 0.6 is 0 Å². The maximum Gasteiger partial charge on any atom is 0.130 e. The molecule has 186 valence electrons. The lowest BCUT2D eigenvalue weighted by Crippen LogP contribution is -2.23. The van der Waals surface area contributed by atoms with Gasteiger partial charge < -0.3 is 10.5 Å². The van der Waals surface area contributed by atoms with E-state index in [0.717, 1.165) is 59.8 Å². The molecule has 0 aliphatic heterocycles. The molecule has 0 radical (unpaired) electrons. The van der Waals surface area contributed by atoms with E-state index in [1.807, 2.05) is 32.1 Å². The third-order valence-corrected chi connectivity index (χ3v) is 6.39. The van der Waals surface area contributed by atoms with Crippen molar-refractivity contribution in [3.8, 4) is 0 Å². The van der Waals surface area contributed by atoms with Crippen molar-refractivity contribution in [2.75, 3.05) is 0 Å². The summed E-state index contributed by atoms with van der Waals surface area (Å²) in [5.74, 6) is 0.625. The summed E-state index contributed by atoms with van der Waals surface area (Å²) >= 11 is 0. The Balaban J connectivity index is 3.34. The van der Waals surface area contributed by atoms with Gasteiger partial charge in [0.1, 0.15) is 12.1 Å². The van der Waals surface area contributed by atoms with Crippen LogP contribution in [0.25, 0.3) is 5.57 Å². The van der Waals surface area contributed by atoms with Crippen LogP contribution in [0.2, 0.25) is 0 Å². The minimum atomic E-state index is -0.711. The third-order valence-electron chi connectivity index (χ3n) is 6.39. The molecule has 0 aliphatic carbocycles. The Morgan fingerprint density at radius 1 is 1.15 bits per heavy atom. The largest absolute Gasteiger partial charge is 0.405 e. The fraction of sp³-hybridized carbons (Fsp3) is 0.452. The number of carbonyl (C=O) groups excluding carboxylic acids is 1. The predicted octanol–water partition coefficient (Wildman–Crippen LogP) is 8.36. The number of hydrogen-bond acceptors (Lipinski definition) is 2. The quantitative estimate of drug-likeness (QED) is 0.221. The van der Waals surface area contributed by atoms with Crippen LogP contribution in [-0.4, -0.2) is 6.29 Å². The van der Waals surface area contributed by atoms with Crippen molar-refractivity contribution < 1.29 is 9.18 Å². The minimum Gasteiger partial charge on any atom is -0.405 e. The monoisotopic (exact) mass is 465 g/mol.